The van der Waals surface area contributed by atoms with Gasteiger partial charge in [-0.15, -0.1) is 0 Å². The van der Waals surface area contributed by atoms with E-state index in [0.29, 0.717) is 11.3 Å². The summed E-state index contributed by atoms with van der Waals surface area (Å²) in [6.07, 6.45) is 5.86. The van der Waals surface area contributed by atoms with Crippen molar-refractivity contribution in [1.29, 1.82) is 0 Å². The number of nitrogens with one attached hydrogen (secondary N) is 1. The lowest BCUT2D eigenvalue weighted by Crippen LogP contribution is -2.27. The smallest absolute Gasteiger partial charge is 0.435 e. The minimum atomic E-state index is -0.586. The van der Waals surface area contributed by atoms with Crippen molar-refractivity contribution in [2.24, 2.45) is 0 Å². The first kappa shape index (κ1) is 17.5. The largest absolute Gasteiger partial charge is 0.442 e. The van der Waals surface area contributed by atoms with Crippen molar-refractivity contribution in [3.05, 3.63) is 47.0 Å². The molecule has 0 saturated heterocycles. The van der Waals surface area contributed by atoms with E-state index in [-0.39, 0.29) is 5.28 Å². The van der Waals surface area contributed by atoms with Gasteiger partial charge in [-0.05, 0) is 50.6 Å². The first-order valence-corrected chi connectivity index (χ1v) is 8.89. The van der Waals surface area contributed by atoms with Gasteiger partial charge < -0.3 is 10.1 Å². The zero-order chi connectivity index (χ0) is 19.2. The minimum Gasteiger partial charge on any atom is -0.442 e. The number of hydrogen-bond acceptors (Lipinski definition) is 6. The molecule has 4 rings (SSSR count). The number of carbonyl (C=O) groups is 1. The molecule has 0 saturated carbocycles. The first-order chi connectivity index (χ1) is 12.8. The first-order valence-electron chi connectivity index (χ1n) is 8.51. The summed E-state index contributed by atoms with van der Waals surface area (Å²) in [6, 6.07) is 5.56. The zero-order valence-corrected chi connectivity index (χ0v) is 15.9. The van der Waals surface area contributed by atoms with Gasteiger partial charge in [0.05, 0.1) is 17.4 Å². The monoisotopic (exact) mass is 383 g/mol. The molecular weight excluding hydrogens is 366 g/mol. The maximum Gasteiger partial charge on any atom is 0.435 e. The van der Waals surface area contributed by atoms with Crippen molar-refractivity contribution in [2.45, 2.75) is 32.8 Å². The lowest BCUT2D eigenvalue weighted by Gasteiger charge is -2.19. The Kier molecular flexibility index (Phi) is 4.11. The average Bonchev–Trinajstić information content (AvgIpc) is 3.19. The van der Waals surface area contributed by atoms with E-state index >= 15 is 0 Å². The van der Waals surface area contributed by atoms with Crippen LogP contribution in [-0.4, -0.2) is 31.4 Å². The van der Waals surface area contributed by atoms with Crippen molar-refractivity contribution in [3.63, 3.8) is 0 Å². The molecule has 2 aromatic heterocycles. The van der Waals surface area contributed by atoms with Gasteiger partial charge in [-0.2, -0.15) is 14.8 Å². The molecule has 1 aromatic carbocycles. The van der Waals surface area contributed by atoms with Crippen LogP contribution in [0.25, 0.3) is 17.0 Å². The fourth-order valence-corrected chi connectivity index (χ4v) is 3.08. The molecule has 0 spiro atoms. The summed E-state index contributed by atoms with van der Waals surface area (Å²) < 4.78 is 6.64. The van der Waals surface area contributed by atoms with Crippen LogP contribution in [-0.2, 0) is 11.2 Å². The highest BCUT2D eigenvalue weighted by atomic mass is 35.5. The number of anilines is 2. The molecule has 1 N–H and O–H groups in total. The normalized spacial score (nSPS) is 13.0. The van der Waals surface area contributed by atoms with Gasteiger partial charge in [0.25, 0.3) is 0 Å². The molecule has 0 fully saturated rings. The van der Waals surface area contributed by atoms with E-state index in [1.165, 1.54) is 4.68 Å². The summed E-state index contributed by atoms with van der Waals surface area (Å²) >= 11 is 6.03. The standard InChI is InChI=1S/C19H18ClN5O2/c1-19(2,3)27-18(26)25-15-8-7-12(9-11(15)10-21-25)22-16-13-5-4-6-14(13)23-17(20)24-16/h4-5,7-10H,6H2,1-3H3,(H,22,23,24). The molecule has 1 aliphatic carbocycles. The van der Waals surface area contributed by atoms with Crippen LogP contribution < -0.4 is 5.32 Å². The fraction of sp³-hybridized carbons (Fsp3) is 0.263. The van der Waals surface area contributed by atoms with Crippen LogP contribution in [0.3, 0.4) is 0 Å². The average molecular weight is 384 g/mol. The van der Waals surface area contributed by atoms with Gasteiger partial charge in [0, 0.05) is 23.1 Å². The van der Waals surface area contributed by atoms with Crippen molar-refractivity contribution >= 4 is 46.2 Å². The topological polar surface area (TPSA) is 81.9 Å². The lowest BCUT2D eigenvalue weighted by molar-refractivity contribution is 0.0523. The van der Waals surface area contributed by atoms with Crippen LogP contribution in [0.15, 0.2) is 30.5 Å². The third kappa shape index (κ3) is 3.50. The minimum absolute atomic E-state index is 0.207. The number of carbonyl (C=O) groups excluding carboxylic acids is 1. The SMILES string of the molecule is CC(C)(C)OC(=O)n1ncc2cc(Nc3nc(Cl)nc4c3C=CC4)ccc21. The highest BCUT2D eigenvalue weighted by Gasteiger charge is 2.20. The predicted octanol–water partition coefficient (Wildman–Crippen LogP) is 4.58. The molecule has 0 amide bonds. The van der Waals surface area contributed by atoms with E-state index < -0.39 is 11.7 Å². The highest BCUT2D eigenvalue weighted by molar-refractivity contribution is 6.28. The number of rotatable bonds is 2. The summed E-state index contributed by atoms with van der Waals surface area (Å²) in [5.41, 5.74) is 2.72. The molecule has 0 radical (unpaired) electrons. The molecule has 8 heteroatoms. The Balaban J connectivity index is 1.64. The molecule has 138 valence electrons. The Morgan fingerprint density at radius 3 is 2.89 bits per heavy atom. The van der Waals surface area contributed by atoms with Crippen LogP contribution in [0.2, 0.25) is 5.28 Å². The van der Waals surface area contributed by atoms with E-state index in [1.54, 1.807) is 6.20 Å². The second-order valence-electron chi connectivity index (χ2n) is 7.24. The molecule has 2 heterocycles. The summed E-state index contributed by atoms with van der Waals surface area (Å²) in [4.78, 5) is 20.8. The number of nitrogens with zero attached hydrogens (tertiary/aromatic N) is 4. The Hall–Kier alpha value is -2.93. The Morgan fingerprint density at radius 1 is 1.30 bits per heavy atom. The summed E-state index contributed by atoms with van der Waals surface area (Å²) in [6.45, 7) is 5.45. The molecule has 0 bridgehead atoms. The summed E-state index contributed by atoms with van der Waals surface area (Å²) in [5.74, 6) is 0.651. The molecule has 3 aromatic rings. The molecule has 0 aliphatic heterocycles. The van der Waals surface area contributed by atoms with E-state index in [2.05, 4.69) is 20.4 Å². The van der Waals surface area contributed by atoms with Gasteiger partial charge in [0.2, 0.25) is 5.28 Å². The number of allylic oxidation sites excluding steroid dienone is 1. The number of halogens is 1. The van der Waals surface area contributed by atoms with Crippen molar-refractivity contribution in [2.75, 3.05) is 5.32 Å². The van der Waals surface area contributed by atoms with E-state index in [1.807, 2.05) is 51.1 Å². The van der Waals surface area contributed by atoms with E-state index in [9.17, 15) is 4.79 Å². The molecule has 27 heavy (non-hydrogen) atoms. The number of benzene rings is 1. The van der Waals surface area contributed by atoms with Crippen LogP contribution in [0.4, 0.5) is 16.3 Å². The maximum absolute atomic E-state index is 12.3. The quantitative estimate of drug-likeness (QED) is 0.652. The van der Waals surface area contributed by atoms with Crippen molar-refractivity contribution < 1.29 is 9.53 Å². The van der Waals surface area contributed by atoms with Crippen LogP contribution in [0.5, 0.6) is 0 Å². The summed E-state index contributed by atoms with van der Waals surface area (Å²) in [5, 5.41) is 8.44. The molecule has 0 unspecified atom stereocenters. The van der Waals surface area contributed by atoms with Gasteiger partial charge in [-0.1, -0.05) is 12.2 Å². The van der Waals surface area contributed by atoms with Crippen LogP contribution in [0, 0.1) is 0 Å². The highest BCUT2D eigenvalue weighted by Crippen LogP contribution is 2.29. The Bertz CT molecular complexity index is 1080. The van der Waals surface area contributed by atoms with Gasteiger partial charge >= 0.3 is 6.09 Å². The van der Waals surface area contributed by atoms with E-state index in [4.69, 9.17) is 16.3 Å². The fourth-order valence-electron chi connectivity index (χ4n) is 2.90. The molecule has 0 atom stereocenters. The number of ether oxygens (including phenoxy) is 1. The lowest BCUT2D eigenvalue weighted by atomic mass is 10.2. The summed E-state index contributed by atoms with van der Waals surface area (Å²) in [7, 11) is 0. The molecular formula is C19H18ClN5O2. The second kappa shape index (κ2) is 6.35. The third-order valence-electron chi connectivity index (χ3n) is 3.99. The Morgan fingerprint density at radius 2 is 2.11 bits per heavy atom. The number of aromatic nitrogens is 4. The zero-order valence-electron chi connectivity index (χ0n) is 15.2. The molecule has 1 aliphatic rings. The van der Waals surface area contributed by atoms with Crippen molar-refractivity contribution in [1.82, 2.24) is 19.7 Å². The van der Waals surface area contributed by atoms with Gasteiger partial charge in [-0.25, -0.2) is 9.78 Å². The predicted molar refractivity (Wildman–Crippen MR) is 104 cm³/mol. The molecule has 7 nitrogen and oxygen atoms in total. The van der Waals surface area contributed by atoms with Crippen molar-refractivity contribution in [3.8, 4) is 0 Å². The van der Waals surface area contributed by atoms with E-state index in [0.717, 1.165) is 28.8 Å². The maximum atomic E-state index is 12.3. The van der Waals surface area contributed by atoms with Gasteiger partial charge in [0.15, 0.2) is 0 Å². The number of fused-ring (bicyclic) bond motifs is 2. The Labute approximate surface area is 161 Å². The third-order valence-corrected chi connectivity index (χ3v) is 4.16. The second-order valence-corrected chi connectivity index (χ2v) is 7.58. The van der Waals surface area contributed by atoms with Crippen LogP contribution >= 0.6 is 11.6 Å². The van der Waals surface area contributed by atoms with Gasteiger partial charge in [0.1, 0.15) is 11.4 Å². The van der Waals surface area contributed by atoms with Gasteiger partial charge in [-0.3, -0.25) is 0 Å². The number of hydrogen-bond donors (Lipinski definition) is 1. The van der Waals surface area contributed by atoms with Crippen LogP contribution in [0.1, 0.15) is 32.0 Å².